The zero-order chi connectivity index (χ0) is 31.5. The van der Waals surface area contributed by atoms with Gasteiger partial charge in [-0.2, -0.15) is 31.6 Å². The highest BCUT2D eigenvalue weighted by Gasteiger charge is 2.39. The van der Waals surface area contributed by atoms with Gasteiger partial charge < -0.3 is 14.8 Å². The first-order chi connectivity index (χ1) is 20.3. The molecular formula is C29H27F6N5O3. The molecule has 2 atom stereocenters. The predicted octanol–water partition coefficient (Wildman–Crippen LogP) is 7.28. The molecule has 1 aromatic carbocycles. The van der Waals surface area contributed by atoms with E-state index in [1.54, 1.807) is 19.1 Å². The molecule has 1 amide bonds. The molecule has 0 saturated carbocycles. The first kappa shape index (κ1) is 31.4. The lowest BCUT2D eigenvalue weighted by molar-refractivity contribution is -0.143. The fraction of sp³-hybridized carbons (Fsp3) is 0.379. The number of ether oxygens (including phenoxy) is 2. The zero-order valence-electron chi connectivity index (χ0n) is 23.3. The number of nitrogens with one attached hydrogen (secondary N) is 1. The third-order valence-corrected chi connectivity index (χ3v) is 6.93. The lowest BCUT2D eigenvalue weighted by Gasteiger charge is -2.39. The summed E-state index contributed by atoms with van der Waals surface area (Å²) < 4.78 is 91.6. The molecule has 14 heteroatoms. The Kier molecular flexibility index (Phi) is 9.03. The van der Waals surface area contributed by atoms with Gasteiger partial charge in [0, 0.05) is 30.3 Å². The minimum Gasteiger partial charge on any atom is -0.481 e. The number of aromatic nitrogens is 2. The van der Waals surface area contributed by atoms with Crippen LogP contribution in [0.2, 0.25) is 0 Å². The predicted molar refractivity (Wildman–Crippen MR) is 144 cm³/mol. The van der Waals surface area contributed by atoms with Crippen molar-refractivity contribution in [3.63, 3.8) is 0 Å². The zero-order valence-corrected chi connectivity index (χ0v) is 23.3. The molecule has 0 aliphatic carbocycles. The number of nitrogens with zero attached hydrogens (tertiary/aromatic N) is 4. The van der Waals surface area contributed by atoms with Crippen LogP contribution >= 0.6 is 0 Å². The number of halogens is 6. The monoisotopic (exact) mass is 607 g/mol. The summed E-state index contributed by atoms with van der Waals surface area (Å²) in [5, 5.41) is 12.7. The van der Waals surface area contributed by atoms with Crippen molar-refractivity contribution in [3.8, 4) is 11.9 Å². The summed E-state index contributed by atoms with van der Waals surface area (Å²) in [6.07, 6.45) is -8.91. The van der Waals surface area contributed by atoms with E-state index in [2.05, 4.69) is 15.3 Å². The molecule has 3 heterocycles. The number of anilines is 2. The third kappa shape index (κ3) is 6.93. The van der Waals surface area contributed by atoms with Crippen LogP contribution in [0.4, 0.5) is 42.6 Å². The van der Waals surface area contributed by atoms with Gasteiger partial charge >= 0.3 is 18.4 Å². The topological polar surface area (TPSA) is 100 Å². The van der Waals surface area contributed by atoms with E-state index in [9.17, 15) is 36.4 Å². The molecule has 3 aromatic rings. The summed E-state index contributed by atoms with van der Waals surface area (Å²) in [4.78, 5) is 23.2. The molecule has 43 heavy (non-hydrogen) atoms. The van der Waals surface area contributed by atoms with Crippen LogP contribution in [-0.2, 0) is 23.5 Å². The summed E-state index contributed by atoms with van der Waals surface area (Å²) in [5.41, 5.74) is -2.07. The largest absolute Gasteiger partial charge is 0.481 e. The summed E-state index contributed by atoms with van der Waals surface area (Å²) in [5.74, 6) is 0.381. The number of pyridine rings is 2. The summed E-state index contributed by atoms with van der Waals surface area (Å²) in [6.45, 7) is 3.71. The average Bonchev–Trinajstić information content (AvgIpc) is 2.96. The average molecular weight is 608 g/mol. The molecule has 228 valence electrons. The van der Waals surface area contributed by atoms with Gasteiger partial charge in [0.05, 0.1) is 47.8 Å². The molecule has 2 aromatic heterocycles. The van der Waals surface area contributed by atoms with Crippen LogP contribution in [0.1, 0.15) is 66.2 Å². The highest BCUT2D eigenvalue weighted by molar-refractivity contribution is 5.90. The minimum atomic E-state index is -5.01. The van der Waals surface area contributed by atoms with Crippen LogP contribution in [0, 0.1) is 11.3 Å². The number of carbonyl (C=O) groups excluding carboxylic acids is 1. The highest BCUT2D eigenvalue weighted by atomic mass is 19.4. The van der Waals surface area contributed by atoms with E-state index in [0.717, 1.165) is 0 Å². The Hall–Kier alpha value is -4.54. The Labute approximate surface area is 243 Å². The normalized spacial score (nSPS) is 16.7. The van der Waals surface area contributed by atoms with Gasteiger partial charge in [-0.1, -0.05) is 6.92 Å². The fourth-order valence-corrected chi connectivity index (χ4v) is 4.97. The standard InChI is InChI=1S/C29H27F6N5O3/c1-4-21-13-22(25-23(6-7-24(39-25)42-3)40(21)27(41)43-5-2)38-26-18(9-17(14-36)15-37-26)8-16-10-19(28(30,31)32)12-20(11-16)29(33,34)35/h6-7,9-12,15,21-22H,4-5,8,13H2,1-3H3,(H,37,38)/t21-,22+/m1/s1. The van der Waals surface area contributed by atoms with Crippen molar-refractivity contribution in [1.82, 2.24) is 9.97 Å². The van der Waals surface area contributed by atoms with Crippen molar-refractivity contribution in [2.24, 2.45) is 0 Å². The number of nitriles is 1. The van der Waals surface area contributed by atoms with E-state index < -0.39 is 42.0 Å². The SMILES string of the molecule is CCOC(=O)N1c2ccc(OC)nc2[C@@H](Nc2ncc(C#N)cc2Cc2cc(C(F)(F)F)cc(C(F)(F)F)c2)C[C@H]1CC. The first-order valence-electron chi connectivity index (χ1n) is 13.2. The van der Waals surface area contributed by atoms with E-state index in [4.69, 9.17) is 9.47 Å². The van der Waals surface area contributed by atoms with E-state index >= 15 is 0 Å². The summed E-state index contributed by atoms with van der Waals surface area (Å²) >= 11 is 0. The van der Waals surface area contributed by atoms with Crippen molar-refractivity contribution in [3.05, 3.63) is 76.1 Å². The maximum absolute atomic E-state index is 13.5. The van der Waals surface area contributed by atoms with Gasteiger partial charge in [-0.05, 0) is 55.7 Å². The molecule has 0 radical (unpaired) electrons. The molecule has 0 spiro atoms. The highest BCUT2D eigenvalue weighted by Crippen LogP contribution is 2.41. The van der Waals surface area contributed by atoms with Gasteiger partial charge in [0.25, 0.3) is 0 Å². The number of benzene rings is 1. The van der Waals surface area contributed by atoms with Gasteiger partial charge in [0.15, 0.2) is 0 Å². The van der Waals surface area contributed by atoms with E-state index in [1.165, 1.54) is 24.3 Å². The van der Waals surface area contributed by atoms with Crippen LogP contribution in [0.25, 0.3) is 0 Å². The molecule has 0 unspecified atom stereocenters. The van der Waals surface area contributed by atoms with Crippen LogP contribution < -0.4 is 15.0 Å². The molecular weight excluding hydrogens is 580 g/mol. The number of alkyl halides is 6. The maximum Gasteiger partial charge on any atom is 0.416 e. The van der Waals surface area contributed by atoms with Gasteiger partial charge in [-0.15, -0.1) is 0 Å². The Morgan fingerprint density at radius 2 is 1.77 bits per heavy atom. The Balaban J connectivity index is 1.79. The molecule has 0 saturated heterocycles. The van der Waals surface area contributed by atoms with Crippen molar-refractivity contribution in [2.75, 3.05) is 23.9 Å². The Bertz CT molecular complexity index is 1500. The Morgan fingerprint density at radius 3 is 2.33 bits per heavy atom. The van der Waals surface area contributed by atoms with Crippen LogP contribution in [-0.4, -0.2) is 35.8 Å². The molecule has 0 bridgehead atoms. The smallest absolute Gasteiger partial charge is 0.416 e. The number of hydrogen-bond donors (Lipinski definition) is 1. The number of amides is 1. The molecule has 0 fully saturated rings. The van der Waals surface area contributed by atoms with E-state index in [1.807, 2.05) is 13.0 Å². The van der Waals surface area contributed by atoms with E-state index in [0.29, 0.717) is 36.4 Å². The van der Waals surface area contributed by atoms with Crippen LogP contribution in [0.5, 0.6) is 5.88 Å². The van der Waals surface area contributed by atoms with Gasteiger partial charge in [-0.3, -0.25) is 4.90 Å². The van der Waals surface area contributed by atoms with Gasteiger partial charge in [0.1, 0.15) is 11.9 Å². The number of carbonyl (C=O) groups is 1. The number of fused-ring (bicyclic) bond motifs is 1. The van der Waals surface area contributed by atoms with E-state index in [-0.39, 0.29) is 47.1 Å². The maximum atomic E-state index is 13.5. The summed E-state index contributed by atoms with van der Waals surface area (Å²) in [7, 11) is 1.42. The lowest BCUT2D eigenvalue weighted by Crippen LogP contribution is -2.46. The first-order valence-corrected chi connectivity index (χ1v) is 13.2. The fourth-order valence-electron chi connectivity index (χ4n) is 4.97. The minimum absolute atomic E-state index is 0.0603. The van der Waals surface area contributed by atoms with Crippen LogP contribution in [0.15, 0.2) is 42.6 Å². The lowest BCUT2D eigenvalue weighted by atomic mass is 9.93. The van der Waals surface area contributed by atoms with Crippen molar-refractivity contribution >= 4 is 17.6 Å². The molecule has 1 N–H and O–H groups in total. The van der Waals surface area contributed by atoms with Crippen molar-refractivity contribution in [1.29, 1.82) is 5.26 Å². The molecule has 1 aliphatic rings. The quantitative estimate of drug-likeness (QED) is 0.282. The third-order valence-electron chi connectivity index (χ3n) is 6.93. The number of methoxy groups -OCH3 is 1. The van der Waals surface area contributed by atoms with Gasteiger partial charge in [-0.25, -0.2) is 14.8 Å². The molecule has 4 rings (SSSR count). The second kappa shape index (κ2) is 12.4. The number of hydrogen-bond acceptors (Lipinski definition) is 7. The second-order valence-electron chi connectivity index (χ2n) is 9.76. The van der Waals surface area contributed by atoms with Crippen LogP contribution in [0.3, 0.4) is 0 Å². The van der Waals surface area contributed by atoms with Gasteiger partial charge in [0.2, 0.25) is 5.88 Å². The van der Waals surface area contributed by atoms with Crippen molar-refractivity contribution < 1.29 is 40.6 Å². The Morgan fingerprint density at radius 1 is 1.09 bits per heavy atom. The molecule has 8 nitrogen and oxygen atoms in total. The van der Waals surface area contributed by atoms with Crippen molar-refractivity contribution in [2.45, 2.75) is 57.5 Å². The number of rotatable bonds is 7. The molecule has 1 aliphatic heterocycles. The summed E-state index contributed by atoms with van der Waals surface area (Å²) in [6, 6.07) is 6.88. The second-order valence-corrected chi connectivity index (χ2v) is 9.76.